The number of methoxy groups -OCH3 is 1. The van der Waals surface area contributed by atoms with Gasteiger partial charge in [0.2, 0.25) is 0 Å². The number of carbonyl (C=O) groups excluding carboxylic acids is 2. The van der Waals surface area contributed by atoms with E-state index < -0.39 is 5.97 Å². The third-order valence-electron chi connectivity index (χ3n) is 6.29. The standard InChI is InChI=1S/C23H21NO4/c1-27-19-13-18-16(11-20(19)28-22(26)15-5-3-2-4-6-15)14-24-10-9-23(18)8-7-17(25)12-21(23)24/h2-8,11,13,21H,9-10,12,14H2,1H3/t21-,23-/m0/s1. The molecule has 5 heteroatoms. The molecule has 0 aromatic heterocycles. The average molecular weight is 375 g/mol. The number of fused-ring (bicyclic) bond motifs is 1. The molecule has 0 spiro atoms. The van der Waals surface area contributed by atoms with Gasteiger partial charge in [0.05, 0.1) is 12.7 Å². The van der Waals surface area contributed by atoms with E-state index in [9.17, 15) is 9.59 Å². The van der Waals surface area contributed by atoms with Crippen molar-refractivity contribution in [1.82, 2.24) is 4.90 Å². The summed E-state index contributed by atoms with van der Waals surface area (Å²) in [5.74, 6) is 0.761. The molecule has 1 aliphatic carbocycles. The number of benzene rings is 2. The molecule has 0 radical (unpaired) electrons. The van der Waals surface area contributed by atoms with E-state index in [1.807, 2.05) is 30.3 Å². The first-order valence-corrected chi connectivity index (χ1v) is 9.55. The van der Waals surface area contributed by atoms with Gasteiger partial charge in [0.15, 0.2) is 17.3 Å². The van der Waals surface area contributed by atoms with Crippen molar-refractivity contribution in [3.63, 3.8) is 0 Å². The lowest BCUT2D eigenvalue weighted by molar-refractivity contribution is -0.116. The maximum atomic E-state index is 12.5. The van der Waals surface area contributed by atoms with Crippen molar-refractivity contribution in [2.24, 2.45) is 0 Å². The molecule has 0 N–H and O–H groups in total. The predicted octanol–water partition coefficient (Wildman–Crippen LogP) is 3.27. The fourth-order valence-corrected chi connectivity index (χ4v) is 4.93. The SMILES string of the molecule is COc1cc2c(cc1OC(=O)c1ccccc1)CN1CC[C@@]23C=CC(=O)C[C@H]13. The number of esters is 1. The molecule has 0 saturated carbocycles. The van der Waals surface area contributed by atoms with E-state index in [0.29, 0.717) is 23.5 Å². The third-order valence-corrected chi connectivity index (χ3v) is 6.29. The highest BCUT2D eigenvalue weighted by molar-refractivity contribution is 5.92. The first kappa shape index (κ1) is 17.2. The second-order valence-corrected chi connectivity index (χ2v) is 7.70. The van der Waals surface area contributed by atoms with E-state index in [-0.39, 0.29) is 17.2 Å². The number of carbonyl (C=O) groups is 2. The lowest BCUT2D eigenvalue weighted by Gasteiger charge is -2.44. The maximum Gasteiger partial charge on any atom is 0.343 e. The number of ketones is 1. The van der Waals surface area contributed by atoms with Crippen LogP contribution in [0.25, 0.3) is 0 Å². The van der Waals surface area contributed by atoms with Gasteiger partial charge in [0.25, 0.3) is 0 Å². The molecule has 1 unspecified atom stereocenters. The second kappa shape index (κ2) is 6.31. The van der Waals surface area contributed by atoms with Gasteiger partial charge in [-0.3, -0.25) is 9.69 Å². The van der Waals surface area contributed by atoms with Gasteiger partial charge >= 0.3 is 5.97 Å². The smallest absolute Gasteiger partial charge is 0.343 e. The fraction of sp³-hybridized carbons (Fsp3) is 0.304. The molecule has 3 aliphatic rings. The number of allylic oxidation sites excluding steroid dienone is 1. The summed E-state index contributed by atoms with van der Waals surface area (Å²) in [4.78, 5) is 26.9. The molecule has 0 amide bonds. The molecule has 1 saturated heterocycles. The Bertz CT molecular complexity index is 997. The molecule has 2 bridgehead atoms. The first-order valence-electron chi connectivity index (χ1n) is 9.55. The molecule has 142 valence electrons. The lowest BCUT2D eigenvalue weighted by atomic mass is 9.67. The summed E-state index contributed by atoms with van der Waals surface area (Å²) in [6, 6.07) is 13.1. The predicted molar refractivity (Wildman–Crippen MR) is 104 cm³/mol. The van der Waals surface area contributed by atoms with Crippen molar-refractivity contribution >= 4 is 11.8 Å². The summed E-state index contributed by atoms with van der Waals surface area (Å²) in [6.45, 7) is 1.71. The number of hydrogen-bond donors (Lipinski definition) is 0. The van der Waals surface area contributed by atoms with Crippen molar-refractivity contribution in [2.75, 3.05) is 13.7 Å². The summed E-state index contributed by atoms with van der Waals surface area (Å²) in [6.07, 6.45) is 5.35. The van der Waals surface area contributed by atoms with E-state index >= 15 is 0 Å². The van der Waals surface area contributed by atoms with Crippen molar-refractivity contribution in [2.45, 2.75) is 30.8 Å². The Morgan fingerprint density at radius 3 is 2.79 bits per heavy atom. The molecular weight excluding hydrogens is 354 g/mol. The summed E-state index contributed by atoms with van der Waals surface area (Å²) in [5.41, 5.74) is 2.66. The highest BCUT2D eigenvalue weighted by Gasteiger charge is 2.53. The minimum Gasteiger partial charge on any atom is -0.493 e. The van der Waals surface area contributed by atoms with Crippen LogP contribution in [0.2, 0.25) is 0 Å². The van der Waals surface area contributed by atoms with Crippen LogP contribution in [0.1, 0.15) is 34.3 Å². The summed E-state index contributed by atoms with van der Waals surface area (Å²) in [7, 11) is 1.58. The molecule has 2 aromatic carbocycles. The maximum absolute atomic E-state index is 12.5. The molecule has 2 heterocycles. The van der Waals surface area contributed by atoms with Crippen molar-refractivity contribution in [3.8, 4) is 11.5 Å². The second-order valence-electron chi connectivity index (χ2n) is 7.70. The van der Waals surface area contributed by atoms with Crippen molar-refractivity contribution in [1.29, 1.82) is 0 Å². The molecular formula is C23H21NO4. The van der Waals surface area contributed by atoms with E-state index in [0.717, 1.165) is 25.1 Å². The van der Waals surface area contributed by atoms with Crippen molar-refractivity contribution < 1.29 is 19.1 Å². The van der Waals surface area contributed by atoms with Gasteiger partial charge in [-0.25, -0.2) is 4.79 Å². The zero-order chi connectivity index (χ0) is 19.3. The molecule has 5 nitrogen and oxygen atoms in total. The lowest BCUT2D eigenvalue weighted by Crippen LogP contribution is -2.48. The van der Waals surface area contributed by atoms with Crippen LogP contribution in [-0.2, 0) is 16.8 Å². The van der Waals surface area contributed by atoms with Gasteiger partial charge in [-0.15, -0.1) is 0 Å². The first-order chi connectivity index (χ1) is 13.6. The highest BCUT2D eigenvalue weighted by Crippen LogP contribution is 2.52. The van der Waals surface area contributed by atoms with Crippen LogP contribution in [0.3, 0.4) is 0 Å². The minimum atomic E-state index is -0.405. The number of nitrogens with zero attached hydrogens (tertiary/aromatic N) is 1. The number of ether oxygens (including phenoxy) is 2. The zero-order valence-electron chi connectivity index (χ0n) is 15.7. The van der Waals surface area contributed by atoms with E-state index in [4.69, 9.17) is 9.47 Å². The summed E-state index contributed by atoms with van der Waals surface area (Å²) >= 11 is 0. The molecule has 28 heavy (non-hydrogen) atoms. The molecule has 1 fully saturated rings. The molecule has 5 rings (SSSR count). The number of hydrogen-bond acceptors (Lipinski definition) is 5. The Labute approximate surface area is 163 Å². The molecule has 2 aliphatic heterocycles. The zero-order valence-corrected chi connectivity index (χ0v) is 15.7. The molecule has 2 aromatic rings. The Morgan fingerprint density at radius 2 is 2.00 bits per heavy atom. The van der Waals surface area contributed by atoms with E-state index in [2.05, 4.69) is 11.0 Å². The minimum absolute atomic E-state index is 0.156. The normalized spacial score (nSPS) is 27.1. The van der Waals surface area contributed by atoms with Gasteiger partial charge in [0.1, 0.15) is 0 Å². The summed E-state index contributed by atoms with van der Waals surface area (Å²) in [5, 5.41) is 0. The van der Waals surface area contributed by atoms with Gasteiger partial charge in [-0.2, -0.15) is 0 Å². The fourth-order valence-electron chi connectivity index (χ4n) is 4.93. The average Bonchev–Trinajstić information content (AvgIpc) is 2.99. The third kappa shape index (κ3) is 2.50. The van der Waals surface area contributed by atoms with Gasteiger partial charge < -0.3 is 9.47 Å². The van der Waals surface area contributed by atoms with Gasteiger partial charge in [-0.1, -0.05) is 24.3 Å². The largest absolute Gasteiger partial charge is 0.493 e. The Morgan fingerprint density at radius 1 is 1.18 bits per heavy atom. The summed E-state index contributed by atoms with van der Waals surface area (Å²) < 4.78 is 11.2. The van der Waals surface area contributed by atoms with Crippen LogP contribution in [0, 0.1) is 0 Å². The Kier molecular flexibility index (Phi) is 3.88. The molecule has 3 atom stereocenters. The van der Waals surface area contributed by atoms with Crippen LogP contribution in [0.15, 0.2) is 54.6 Å². The topological polar surface area (TPSA) is 55.8 Å². The van der Waals surface area contributed by atoms with Gasteiger partial charge in [-0.05, 0) is 47.9 Å². The van der Waals surface area contributed by atoms with Gasteiger partial charge in [0, 0.05) is 31.0 Å². The van der Waals surface area contributed by atoms with Crippen LogP contribution < -0.4 is 9.47 Å². The van der Waals surface area contributed by atoms with Crippen LogP contribution >= 0.6 is 0 Å². The van der Waals surface area contributed by atoms with Crippen LogP contribution in [0.5, 0.6) is 11.5 Å². The quantitative estimate of drug-likeness (QED) is 0.609. The van der Waals surface area contributed by atoms with E-state index in [1.165, 1.54) is 5.56 Å². The Hall–Kier alpha value is -2.92. The monoisotopic (exact) mass is 375 g/mol. The van der Waals surface area contributed by atoms with Crippen LogP contribution in [0.4, 0.5) is 0 Å². The van der Waals surface area contributed by atoms with Crippen molar-refractivity contribution in [3.05, 3.63) is 71.3 Å². The number of rotatable bonds is 3. The van der Waals surface area contributed by atoms with E-state index in [1.54, 1.807) is 25.3 Å². The highest BCUT2D eigenvalue weighted by atomic mass is 16.6. The van der Waals surface area contributed by atoms with Crippen LogP contribution in [-0.4, -0.2) is 36.3 Å². The Balaban J connectivity index is 1.56.